The molecule has 0 spiro atoms. The van der Waals surface area contributed by atoms with E-state index in [1.807, 2.05) is 44.2 Å². The summed E-state index contributed by atoms with van der Waals surface area (Å²) in [5.41, 5.74) is 4.38. The zero-order valence-electron chi connectivity index (χ0n) is 22.2. The van der Waals surface area contributed by atoms with Crippen LogP contribution in [-0.4, -0.2) is 29.5 Å². The molecule has 2 aromatic carbocycles. The minimum Gasteiger partial charge on any atom is -0.496 e. The Morgan fingerprint density at radius 1 is 1.10 bits per heavy atom. The summed E-state index contributed by atoms with van der Waals surface area (Å²) in [4.78, 5) is 36.2. The van der Waals surface area contributed by atoms with Crippen LogP contribution in [0.4, 0.5) is 10.2 Å². The third kappa shape index (κ3) is 5.46. The maximum Gasteiger partial charge on any atom is 0.235 e. The van der Waals surface area contributed by atoms with Crippen LogP contribution < -0.4 is 14.8 Å². The number of carbonyl (C=O) groups excluding carboxylic acids is 2. The van der Waals surface area contributed by atoms with Gasteiger partial charge >= 0.3 is 0 Å². The summed E-state index contributed by atoms with van der Waals surface area (Å²) in [7, 11) is 1.57. The van der Waals surface area contributed by atoms with Gasteiger partial charge in [-0.15, -0.1) is 0 Å². The molecule has 1 aliphatic heterocycles. The number of allylic oxidation sites excluding steroid dienone is 2. The van der Waals surface area contributed by atoms with Gasteiger partial charge in [-0.25, -0.2) is 9.37 Å². The Balaban J connectivity index is 1.54. The van der Waals surface area contributed by atoms with Crippen LogP contribution in [0.3, 0.4) is 0 Å². The molecule has 0 fully saturated rings. The number of rotatable bonds is 7. The Kier molecular flexibility index (Phi) is 7.54. The molecular weight excluding hydrogens is 497 g/mol. The van der Waals surface area contributed by atoms with Gasteiger partial charge in [0, 0.05) is 41.1 Å². The van der Waals surface area contributed by atoms with E-state index in [0.29, 0.717) is 41.4 Å². The Hall–Kier alpha value is -4.33. The minimum absolute atomic E-state index is 0.0178. The van der Waals surface area contributed by atoms with Crippen LogP contribution in [0.5, 0.6) is 11.5 Å². The molecule has 0 saturated heterocycles. The second-order valence-electron chi connectivity index (χ2n) is 9.82. The number of anilines is 1. The fourth-order valence-electron chi connectivity index (χ4n) is 5.31. The van der Waals surface area contributed by atoms with E-state index in [9.17, 15) is 14.0 Å². The predicted molar refractivity (Wildman–Crippen MR) is 147 cm³/mol. The van der Waals surface area contributed by atoms with Crippen molar-refractivity contribution in [1.29, 1.82) is 0 Å². The maximum absolute atomic E-state index is 13.8. The number of halogens is 1. The third-order valence-electron chi connectivity index (χ3n) is 7.24. The zero-order valence-corrected chi connectivity index (χ0v) is 22.2. The number of carbonyl (C=O) groups is 2. The van der Waals surface area contributed by atoms with Crippen molar-refractivity contribution in [2.24, 2.45) is 10.9 Å². The topological polar surface area (TPSA) is 89.9 Å². The van der Waals surface area contributed by atoms with Gasteiger partial charge in [0.2, 0.25) is 5.91 Å². The van der Waals surface area contributed by atoms with E-state index in [1.54, 1.807) is 25.4 Å². The second-order valence-corrected chi connectivity index (χ2v) is 9.82. The van der Waals surface area contributed by atoms with Crippen molar-refractivity contribution in [2.45, 2.75) is 45.6 Å². The van der Waals surface area contributed by atoms with Gasteiger partial charge in [-0.05, 0) is 80.3 Å². The Labute approximate surface area is 226 Å². The number of ether oxygens (including phenoxy) is 2. The molecule has 5 rings (SSSR count). The summed E-state index contributed by atoms with van der Waals surface area (Å²) in [6, 6.07) is 15.1. The molecule has 2 heterocycles. The average Bonchev–Trinajstić information content (AvgIpc) is 2.93. The Morgan fingerprint density at radius 2 is 1.90 bits per heavy atom. The van der Waals surface area contributed by atoms with Crippen LogP contribution in [0.2, 0.25) is 0 Å². The van der Waals surface area contributed by atoms with Gasteiger partial charge in [0.25, 0.3) is 0 Å². The number of aryl methyl sites for hydroxylation is 1. The molecule has 1 N–H and O–H groups in total. The number of hydrogen-bond acceptors (Lipinski definition) is 6. The number of ketones is 1. The molecule has 3 aromatic rings. The molecule has 8 heteroatoms. The van der Waals surface area contributed by atoms with Crippen molar-refractivity contribution >= 4 is 23.2 Å². The minimum atomic E-state index is -0.702. The number of hydrogen-bond donors (Lipinski definition) is 1. The lowest BCUT2D eigenvalue weighted by molar-refractivity contribution is -0.119. The summed E-state index contributed by atoms with van der Waals surface area (Å²) >= 11 is 0. The number of amides is 1. The maximum atomic E-state index is 13.8. The first-order valence-electron chi connectivity index (χ1n) is 12.9. The van der Waals surface area contributed by atoms with E-state index < -0.39 is 11.8 Å². The summed E-state index contributed by atoms with van der Waals surface area (Å²) in [5.74, 6) is -0.223. The lowest BCUT2D eigenvalue weighted by atomic mass is 9.71. The molecule has 2 aliphatic rings. The van der Waals surface area contributed by atoms with Crippen LogP contribution in [0.15, 0.2) is 77.1 Å². The smallest absolute Gasteiger partial charge is 0.235 e. The van der Waals surface area contributed by atoms with Crippen molar-refractivity contribution < 1.29 is 23.5 Å². The molecule has 1 aliphatic carbocycles. The van der Waals surface area contributed by atoms with E-state index in [0.717, 1.165) is 28.8 Å². The van der Waals surface area contributed by atoms with E-state index >= 15 is 0 Å². The van der Waals surface area contributed by atoms with Crippen molar-refractivity contribution in [3.8, 4) is 11.5 Å². The highest BCUT2D eigenvalue weighted by Crippen LogP contribution is 2.44. The molecule has 0 radical (unpaired) electrons. The zero-order chi connectivity index (χ0) is 27.5. The summed E-state index contributed by atoms with van der Waals surface area (Å²) in [5, 5.41) is 2.96. The predicted octanol–water partition coefficient (Wildman–Crippen LogP) is 5.94. The Bertz CT molecular complexity index is 1480. The van der Waals surface area contributed by atoms with Crippen LogP contribution in [0.25, 0.3) is 0 Å². The molecule has 200 valence electrons. The van der Waals surface area contributed by atoms with Gasteiger partial charge in [-0.1, -0.05) is 12.1 Å². The summed E-state index contributed by atoms with van der Waals surface area (Å²) in [6.07, 6.45) is 3.49. The number of Topliss-reactive ketones (excluding diaryl/α,β-unsaturated/α-hetero) is 1. The van der Waals surface area contributed by atoms with Gasteiger partial charge in [0.1, 0.15) is 29.7 Å². The number of pyridine rings is 1. The molecule has 2 atom stereocenters. The molecule has 0 bridgehead atoms. The van der Waals surface area contributed by atoms with Gasteiger partial charge in [-0.3, -0.25) is 14.6 Å². The van der Waals surface area contributed by atoms with Gasteiger partial charge in [-0.2, -0.15) is 0 Å². The monoisotopic (exact) mass is 527 g/mol. The number of aromatic nitrogens is 1. The first-order chi connectivity index (χ1) is 18.9. The number of nitrogens with one attached hydrogen (secondary N) is 1. The highest BCUT2D eigenvalue weighted by molar-refractivity contribution is 6.13. The number of methoxy groups -OCH3 is 1. The molecule has 39 heavy (non-hydrogen) atoms. The lowest BCUT2D eigenvalue weighted by Crippen LogP contribution is -2.39. The normalized spacial score (nSPS) is 18.8. The highest BCUT2D eigenvalue weighted by atomic mass is 19.1. The van der Waals surface area contributed by atoms with Gasteiger partial charge in [0.05, 0.1) is 13.0 Å². The van der Waals surface area contributed by atoms with Crippen molar-refractivity contribution in [3.05, 3.63) is 94.6 Å². The SMILES string of the molecule is COc1ccc([C@@H]2C3=C(CCCC3=O)N=C(C)C2C(=O)Nc2ncccc2C)cc1COc1ccc(F)cc1. The van der Waals surface area contributed by atoms with Crippen molar-refractivity contribution in [1.82, 2.24) is 4.98 Å². The number of aliphatic imine (C=N–C) groups is 1. The van der Waals surface area contributed by atoms with Gasteiger partial charge in [0.15, 0.2) is 5.78 Å². The van der Waals surface area contributed by atoms with E-state index in [-0.39, 0.29) is 24.1 Å². The molecule has 1 unspecified atom stereocenters. The Morgan fingerprint density at radius 3 is 2.64 bits per heavy atom. The van der Waals surface area contributed by atoms with Gasteiger partial charge < -0.3 is 14.8 Å². The van der Waals surface area contributed by atoms with Crippen LogP contribution in [0.1, 0.15) is 48.8 Å². The lowest BCUT2D eigenvalue weighted by Gasteiger charge is -2.35. The van der Waals surface area contributed by atoms with E-state index in [2.05, 4.69) is 10.3 Å². The molecule has 1 aromatic heterocycles. The first kappa shape index (κ1) is 26.3. The van der Waals surface area contributed by atoms with Crippen LogP contribution in [-0.2, 0) is 16.2 Å². The quantitative estimate of drug-likeness (QED) is 0.411. The van der Waals surface area contributed by atoms with E-state index in [1.165, 1.54) is 12.1 Å². The standard InChI is InChI=1S/C31H30FN3O4/c1-18-6-5-15-33-30(18)35-31(37)27-19(2)34-24-7-4-8-25(36)29(24)28(27)20-9-14-26(38-3)21(16-20)17-39-23-12-10-22(32)11-13-23/h5-6,9-16,27-28H,4,7-8,17H2,1-3H3,(H,33,35,37)/t27?,28-/m0/s1. The molecule has 1 amide bonds. The molecular formula is C31H30FN3O4. The highest BCUT2D eigenvalue weighted by Gasteiger charge is 2.42. The third-order valence-corrected chi connectivity index (χ3v) is 7.24. The average molecular weight is 528 g/mol. The largest absolute Gasteiger partial charge is 0.496 e. The van der Waals surface area contributed by atoms with Crippen LogP contribution in [0, 0.1) is 18.7 Å². The second kappa shape index (κ2) is 11.2. The molecule has 0 saturated carbocycles. The van der Waals surface area contributed by atoms with Crippen LogP contribution >= 0.6 is 0 Å². The molecule has 7 nitrogen and oxygen atoms in total. The number of nitrogens with zero attached hydrogens (tertiary/aromatic N) is 2. The summed E-state index contributed by atoms with van der Waals surface area (Å²) in [6.45, 7) is 3.88. The summed E-state index contributed by atoms with van der Waals surface area (Å²) < 4.78 is 24.8. The fraction of sp³-hybridized carbons (Fsp3) is 0.290. The van der Waals surface area contributed by atoms with E-state index in [4.69, 9.17) is 14.5 Å². The first-order valence-corrected chi connectivity index (χ1v) is 12.9. The van der Waals surface area contributed by atoms with Crippen molar-refractivity contribution in [3.63, 3.8) is 0 Å². The number of benzene rings is 2. The van der Waals surface area contributed by atoms with Crippen molar-refractivity contribution in [2.75, 3.05) is 12.4 Å². The fourth-order valence-corrected chi connectivity index (χ4v) is 5.31.